The zero-order valence-electron chi connectivity index (χ0n) is 11.8. The maximum Gasteiger partial charge on any atom is 0.0656 e. The maximum atomic E-state index is 4.38. The number of hydrogen-bond donors (Lipinski definition) is 2. The Labute approximate surface area is 113 Å². The molecule has 0 amide bonds. The number of rotatable bonds is 5. The highest BCUT2D eigenvalue weighted by Crippen LogP contribution is 2.38. The average molecular weight is 259 g/mol. The summed E-state index contributed by atoms with van der Waals surface area (Å²) in [6, 6.07) is 2.48. The van der Waals surface area contributed by atoms with E-state index in [1.165, 1.54) is 24.1 Å². The second-order valence-corrected chi connectivity index (χ2v) is 5.54. The van der Waals surface area contributed by atoms with Gasteiger partial charge in [0, 0.05) is 43.0 Å². The summed E-state index contributed by atoms with van der Waals surface area (Å²) in [5.41, 5.74) is 4.73. The van der Waals surface area contributed by atoms with Crippen molar-refractivity contribution in [3.8, 4) is 0 Å². The number of nitrogens with one attached hydrogen (secondary N) is 2. The largest absolute Gasteiger partial charge is 0.304 e. The van der Waals surface area contributed by atoms with Gasteiger partial charge < -0.3 is 5.32 Å². The summed E-state index contributed by atoms with van der Waals surface area (Å²) in [5.74, 6) is 0.711. The van der Waals surface area contributed by atoms with Crippen LogP contribution in [0.4, 0.5) is 0 Å². The number of aryl methyl sites for hydroxylation is 2. The topological polar surface area (TPSA) is 58.5 Å². The summed E-state index contributed by atoms with van der Waals surface area (Å²) in [6.45, 7) is 5.03. The Balaban J connectivity index is 1.60. The first kappa shape index (κ1) is 12.4. The molecule has 1 atom stereocenters. The Morgan fingerprint density at radius 2 is 2.32 bits per heavy atom. The lowest BCUT2D eigenvalue weighted by molar-refractivity contribution is 0.564. The van der Waals surface area contributed by atoms with E-state index in [0.29, 0.717) is 12.0 Å². The van der Waals surface area contributed by atoms with Crippen molar-refractivity contribution >= 4 is 0 Å². The molecule has 1 aliphatic carbocycles. The number of aromatic amines is 1. The minimum absolute atomic E-state index is 0.293. The first-order valence-electron chi connectivity index (χ1n) is 6.91. The van der Waals surface area contributed by atoms with Crippen LogP contribution in [0.15, 0.2) is 12.3 Å². The maximum absolute atomic E-state index is 4.38. The van der Waals surface area contributed by atoms with Gasteiger partial charge in [-0.3, -0.25) is 9.78 Å². The molecule has 1 fully saturated rings. The quantitative estimate of drug-likeness (QED) is 0.865. The van der Waals surface area contributed by atoms with E-state index in [-0.39, 0.29) is 0 Å². The summed E-state index contributed by atoms with van der Waals surface area (Å²) < 4.78 is 1.87. The lowest BCUT2D eigenvalue weighted by Gasteiger charge is -2.11. The van der Waals surface area contributed by atoms with Crippen molar-refractivity contribution in [1.29, 1.82) is 0 Å². The van der Waals surface area contributed by atoms with Gasteiger partial charge in [-0.25, -0.2) is 0 Å². The smallest absolute Gasteiger partial charge is 0.0656 e. The molecule has 0 saturated heterocycles. The molecule has 0 aromatic carbocycles. The van der Waals surface area contributed by atoms with Gasteiger partial charge in [-0.2, -0.15) is 10.2 Å². The van der Waals surface area contributed by atoms with E-state index in [9.17, 15) is 0 Å². The van der Waals surface area contributed by atoms with Crippen LogP contribution >= 0.6 is 0 Å². The standard InChI is InChI=1S/C14H21N5/c1-9(13-8-19(3)18-10(13)2)15-7-12-6-14(17-16-12)11-4-5-11/h6,8-9,11,15H,4-5,7H2,1-3H3,(H,16,17). The molecule has 2 N–H and O–H groups in total. The van der Waals surface area contributed by atoms with Crippen LogP contribution in [0.2, 0.25) is 0 Å². The Morgan fingerprint density at radius 3 is 2.95 bits per heavy atom. The van der Waals surface area contributed by atoms with Gasteiger partial charge in [0.15, 0.2) is 0 Å². The second kappa shape index (κ2) is 4.81. The highest BCUT2D eigenvalue weighted by atomic mass is 15.3. The van der Waals surface area contributed by atoms with E-state index in [2.05, 4.69) is 46.7 Å². The summed E-state index contributed by atoms with van der Waals surface area (Å²) in [5, 5.41) is 15.4. The molecule has 0 radical (unpaired) electrons. The van der Waals surface area contributed by atoms with Crippen LogP contribution in [-0.4, -0.2) is 20.0 Å². The molecular weight excluding hydrogens is 238 g/mol. The zero-order valence-corrected chi connectivity index (χ0v) is 11.8. The highest BCUT2D eigenvalue weighted by molar-refractivity contribution is 5.20. The van der Waals surface area contributed by atoms with Gasteiger partial charge in [-0.1, -0.05) is 0 Å². The van der Waals surface area contributed by atoms with Gasteiger partial charge in [0.25, 0.3) is 0 Å². The molecule has 2 heterocycles. The molecule has 5 nitrogen and oxygen atoms in total. The predicted molar refractivity (Wildman–Crippen MR) is 73.8 cm³/mol. The van der Waals surface area contributed by atoms with Crippen molar-refractivity contribution in [2.75, 3.05) is 0 Å². The fourth-order valence-corrected chi connectivity index (χ4v) is 2.47. The Bertz CT molecular complexity index is 564. The third-order valence-corrected chi connectivity index (χ3v) is 3.76. The average Bonchev–Trinajstić information content (AvgIpc) is 3.02. The Hall–Kier alpha value is -1.62. The number of H-pyrrole nitrogens is 1. The normalized spacial score (nSPS) is 16.8. The predicted octanol–water partition coefficient (Wildman–Crippen LogP) is 2.18. The van der Waals surface area contributed by atoms with Crippen molar-refractivity contribution < 1.29 is 0 Å². The SMILES string of the molecule is Cc1nn(C)cc1C(C)NCc1cc(C2CC2)n[nH]1. The molecule has 102 valence electrons. The molecule has 3 rings (SSSR count). The number of hydrogen-bond acceptors (Lipinski definition) is 3. The van der Waals surface area contributed by atoms with Crippen molar-refractivity contribution in [3.05, 3.63) is 34.9 Å². The molecule has 0 bridgehead atoms. The monoisotopic (exact) mass is 259 g/mol. The van der Waals surface area contributed by atoms with Gasteiger partial charge in [0.2, 0.25) is 0 Å². The van der Waals surface area contributed by atoms with E-state index in [4.69, 9.17) is 0 Å². The van der Waals surface area contributed by atoms with E-state index in [1.54, 1.807) is 0 Å². The van der Waals surface area contributed by atoms with Crippen molar-refractivity contribution in [2.24, 2.45) is 7.05 Å². The minimum atomic E-state index is 0.293. The third-order valence-electron chi connectivity index (χ3n) is 3.76. The first-order chi connectivity index (χ1) is 9.13. The fraction of sp³-hybridized carbons (Fsp3) is 0.571. The van der Waals surface area contributed by atoms with Gasteiger partial charge in [0.05, 0.1) is 11.4 Å². The molecule has 19 heavy (non-hydrogen) atoms. The number of aromatic nitrogens is 4. The summed E-state index contributed by atoms with van der Waals surface area (Å²) >= 11 is 0. The summed E-state index contributed by atoms with van der Waals surface area (Å²) in [7, 11) is 1.96. The molecule has 1 saturated carbocycles. The highest BCUT2D eigenvalue weighted by Gasteiger charge is 2.26. The molecule has 5 heteroatoms. The van der Waals surface area contributed by atoms with Crippen molar-refractivity contribution in [3.63, 3.8) is 0 Å². The van der Waals surface area contributed by atoms with Crippen molar-refractivity contribution in [2.45, 2.75) is 45.2 Å². The molecule has 0 aliphatic heterocycles. The van der Waals surface area contributed by atoms with Crippen LogP contribution < -0.4 is 5.32 Å². The van der Waals surface area contributed by atoms with E-state index < -0.39 is 0 Å². The molecular formula is C14H21N5. The third kappa shape index (κ3) is 2.71. The summed E-state index contributed by atoms with van der Waals surface area (Å²) in [4.78, 5) is 0. The molecule has 2 aromatic heterocycles. The minimum Gasteiger partial charge on any atom is -0.304 e. The lowest BCUT2D eigenvalue weighted by atomic mass is 10.1. The molecule has 1 aliphatic rings. The van der Waals surface area contributed by atoms with Crippen LogP contribution in [0.3, 0.4) is 0 Å². The van der Waals surface area contributed by atoms with Gasteiger partial charge in [0.1, 0.15) is 0 Å². The van der Waals surface area contributed by atoms with E-state index >= 15 is 0 Å². The van der Waals surface area contributed by atoms with Crippen LogP contribution in [0.1, 0.15) is 54.4 Å². The van der Waals surface area contributed by atoms with Crippen LogP contribution in [0.25, 0.3) is 0 Å². The Morgan fingerprint density at radius 1 is 1.53 bits per heavy atom. The molecule has 1 unspecified atom stereocenters. The van der Waals surface area contributed by atoms with E-state index in [1.807, 2.05) is 11.7 Å². The zero-order chi connectivity index (χ0) is 13.4. The van der Waals surface area contributed by atoms with Gasteiger partial charge >= 0.3 is 0 Å². The van der Waals surface area contributed by atoms with Gasteiger partial charge in [-0.15, -0.1) is 0 Å². The van der Waals surface area contributed by atoms with Crippen LogP contribution in [0, 0.1) is 6.92 Å². The molecule has 2 aromatic rings. The second-order valence-electron chi connectivity index (χ2n) is 5.54. The summed E-state index contributed by atoms with van der Waals surface area (Å²) in [6.07, 6.45) is 4.67. The van der Waals surface area contributed by atoms with Crippen LogP contribution in [0.5, 0.6) is 0 Å². The fourth-order valence-electron chi connectivity index (χ4n) is 2.47. The number of nitrogens with zero attached hydrogens (tertiary/aromatic N) is 3. The van der Waals surface area contributed by atoms with Crippen molar-refractivity contribution in [1.82, 2.24) is 25.3 Å². The lowest BCUT2D eigenvalue weighted by Crippen LogP contribution is -2.18. The van der Waals surface area contributed by atoms with Gasteiger partial charge in [-0.05, 0) is 32.8 Å². The van der Waals surface area contributed by atoms with E-state index in [0.717, 1.165) is 17.9 Å². The molecule has 0 spiro atoms. The first-order valence-corrected chi connectivity index (χ1v) is 6.91. The Kier molecular flexibility index (Phi) is 3.14. The van der Waals surface area contributed by atoms with Crippen LogP contribution in [-0.2, 0) is 13.6 Å².